The van der Waals surface area contributed by atoms with E-state index in [1.165, 1.54) is 30.5 Å². The van der Waals surface area contributed by atoms with Crippen LogP contribution < -0.4 is 16.2 Å². The number of carbonyl (C=O) groups excluding carboxylic acids is 1. The molecule has 11 heteroatoms. The van der Waals surface area contributed by atoms with Crippen LogP contribution in [-0.4, -0.2) is 25.4 Å². The molecule has 0 fully saturated rings. The first-order chi connectivity index (χ1) is 18.3. The van der Waals surface area contributed by atoms with Gasteiger partial charge in [0.05, 0.1) is 12.0 Å². The number of fused-ring (bicyclic) bond motifs is 3. The summed E-state index contributed by atoms with van der Waals surface area (Å²) < 4.78 is 40.1. The number of hydrogen-bond acceptors (Lipinski definition) is 6. The second-order valence-corrected chi connectivity index (χ2v) is 8.95. The fraction of sp³-hybridized carbons (Fsp3) is 0.111. The SMILES string of the molecule is C/C(=C1/C2=CC=C(Cc3c(C(N)=O)nc4cc(F)ccn34)CC2=COc2cc(F)ccc21)c1noc(=O)[nH]1. The lowest BCUT2D eigenvalue weighted by atomic mass is 9.83. The van der Waals surface area contributed by atoms with Crippen LogP contribution >= 0.6 is 0 Å². The molecule has 1 amide bonds. The lowest BCUT2D eigenvalue weighted by Gasteiger charge is -2.20. The summed E-state index contributed by atoms with van der Waals surface area (Å²) in [6.07, 6.45) is 7.58. The molecule has 1 aliphatic carbocycles. The number of imidazole rings is 1. The maximum atomic E-state index is 14.1. The van der Waals surface area contributed by atoms with E-state index < -0.39 is 23.3 Å². The average Bonchev–Trinajstić information content (AvgIpc) is 3.43. The number of benzene rings is 1. The minimum absolute atomic E-state index is 0.0617. The molecule has 0 bridgehead atoms. The van der Waals surface area contributed by atoms with E-state index in [9.17, 15) is 18.4 Å². The highest BCUT2D eigenvalue weighted by molar-refractivity contribution is 6.01. The van der Waals surface area contributed by atoms with Gasteiger partial charge in [-0.05, 0) is 48.3 Å². The predicted octanol–water partition coefficient (Wildman–Crippen LogP) is 4.09. The van der Waals surface area contributed by atoms with E-state index in [0.717, 1.165) is 16.7 Å². The standard InChI is InChI=1S/C27H19F2N5O4/c1-13(26-32-27(36)38-33-26)23-18-4-2-14(8-15(18)12-37-21-10-16(28)3-5-19(21)23)9-20-24(25(30)35)31-22-11-17(29)6-7-34(20)22/h2-7,10-12H,8-9H2,1H3,(H2,30,35)(H,32,33,36)/b23-13+. The van der Waals surface area contributed by atoms with Crippen LogP contribution in [0.15, 0.2) is 81.0 Å². The van der Waals surface area contributed by atoms with Gasteiger partial charge in [0.1, 0.15) is 23.0 Å². The van der Waals surface area contributed by atoms with Crippen LogP contribution in [0.3, 0.4) is 0 Å². The number of nitrogens with one attached hydrogen (secondary N) is 1. The van der Waals surface area contributed by atoms with Gasteiger partial charge in [0, 0.05) is 35.9 Å². The molecule has 0 saturated heterocycles. The minimum atomic E-state index is -0.714. The van der Waals surface area contributed by atoms with E-state index in [4.69, 9.17) is 15.0 Å². The average molecular weight is 515 g/mol. The summed E-state index contributed by atoms with van der Waals surface area (Å²) >= 11 is 0. The summed E-state index contributed by atoms with van der Waals surface area (Å²) in [6, 6.07) is 6.73. The molecule has 0 atom stereocenters. The first-order valence-corrected chi connectivity index (χ1v) is 11.6. The molecule has 2 aliphatic rings. The number of pyridine rings is 1. The highest BCUT2D eigenvalue weighted by Gasteiger charge is 2.28. The van der Waals surface area contributed by atoms with Gasteiger partial charge in [0.2, 0.25) is 0 Å². The minimum Gasteiger partial charge on any atom is -0.464 e. The van der Waals surface area contributed by atoms with Crippen molar-refractivity contribution in [2.45, 2.75) is 19.8 Å². The van der Waals surface area contributed by atoms with Gasteiger partial charge in [-0.2, -0.15) is 0 Å². The molecular formula is C27H19F2N5O4. The number of primary amides is 1. The highest BCUT2D eigenvalue weighted by atomic mass is 19.1. The molecular weight excluding hydrogens is 496 g/mol. The van der Waals surface area contributed by atoms with E-state index in [2.05, 4.69) is 15.1 Å². The predicted molar refractivity (Wildman–Crippen MR) is 133 cm³/mol. The third-order valence-electron chi connectivity index (χ3n) is 6.55. The van der Waals surface area contributed by atoms with Crippen molar-refractivity contribution in [2.24, 2.45) is 5.73 Å². The van der Waals surface area contributed by atoms with Gasteiger partial charge in [-0.1, -0.05) is 22.9 Å². The Morgan fingerprint density at radius 2 is 2.00 bits per heavy atom. The van der Waals surface area contributed by atoms with Crippen LogP contribution in [0.5, 0.6) is 5.75 Å². The second-order valence-electron chi connectivity index (χ2n) is 8.95. The molecule has 9 nitrogen and oxygen atoms in total. The van der Waals surface area contributed by atoms with Crippen molar-refractivity contribution in [3.8, 4) is 5.75 Å². The van der Waals surface area contributed by atoms with Gasteiger partial charge >= 0.3 is 5.76 Å². The van der Waals surface area contributed by atoms with E-state index in [1.54, 1.807) is 23.7 Å². The molecule has 3 N–H and O–H groups in total. The summed E-state index contributed by atoms with van der Waals surface area (Å²) in [5.74, 6) is -1.81. The second kappa shape index (κ2) is 8.80. The molecule has 0 saturated carbocycles. The largest absolute Gasteiger partial charge is 0.464 e. The molecule has 38 heavy (non-hydrogen) atoms. The zero-order valence-corrected chi connectivity index (χ0v) is 19.9. The Morgan fingerprint density at radius 3 is 2.76 bits per heavy atom. The maximum Gasteiger partial charge on any atom is 0.439 e. The number of rotatable bonds is 4. The van der Waals surface area contributed by atoms with Crippen molar-refractivity contribution in [1.29, 1.82) is 0 Å². The fourth-order valence-electron chi connectivity index (χ4n) is 4.82. The first kappa shape index (κ1) is 23.3. The Labute approximate surface area is 213 Å². The van der Waals surface area contributed by atoms with Gasteiger partial charge in [-0.15, -0.1) is 0 Å². The van der Waals surface area contributed by atoms with Crippen molar-refractivity contribution < 1.29 is 22.8 Å². The third kappa shape index (κ3) is 3.94. The number of nitrogens with two attached hydrogens (primary N) is 1. The van der Waals surface area contributed by atoms with Gasteiger partial charge < -0.3 is 14.9 Å². The molecule has 0 spiro atoms. The Balaban J connectivity index is 1.47. The number of halogens is 2. The molecule has 190 valence electrons. The van der Waals surface area contributed by atoms with Crippen LogP contribution in [0.4, 0.5) is 8.78 Å². The van der Waals surface area contributed by atoms with E-state index in [0.29, 0.717) is 41.0 Å². The topological polar surface area (TPSA) is 129 Å². The quantitative estimate of drug-likeness (QED) is 0.421. The summed E-state index contributed by atoms with van der Waals surface area (Å²) in [4.78, 5) is 30.5. The van der Waals surface area contributed by atoms with Crippen molar-refractivity contribution in [3.63, 3.8) is 0 Å². The summed E-state index contributed by atoms with van der Waals surface area (Å²) in [7, 11) is 0. The normalized spacial score (nSPS) is 16.0. The van der Waals surface area contributed by atoms with Crippen molar-refractivity contribution in [3.05, 3.63) is 117 Å². The van der Waals surface area contributed by atoms with Gasteiger partial charge in [0.25, 0.3) is 5.91 Å². The molecule has 1 aromatic carbocycles. The molecule has 3 aromatic heterocycles. The van der Waals surface area contributed by atoms with Crippen LogP contribution in [0.25, 0.3) is 16.8 Å². The van der Waals surface area contributed by atoms with Crippen LogP contribution in [0, 0.1) is 11.6 Å². The third-order valence-corrected chi connectivity index (χ3v) is 6.55. The van der Waals surface area contributed by atoms with Gasteiger partial charge in [0.15, 0.2) is 11.5 Å². The highest BCUT2D eigenvalue weighted by Crippen LogP contribution is 2.44. The number of aromatic amines is 1. The van der Waals surface area contributed by atoms with Gasteiger partial charge in [-0.25, -0.2) is 18.6 Å². The van der Waals surface area contributed by atoms with Crippen LogP contribution in [0.2, 0.25) is 0 Å². The summed E-state index contributed by atoms with van der Waals surface area (Å²) in [5.41, 5.74) is 10.8. The first-order valence-electron chi connectivity index (χ1n) is 11.6. The van der Waals surface area contributed by atoms with Crippen LogP contribution in [0.1, 0.15) is 40.9 Å². The van der Waals surface area contributed by atoms with Crippen molar-refractivity contribution >= 4 is 22.7 Å². The molecule has 6 rings (SSSR count). The lowest BCUT2D eigenvalue weighted by molar-refractivity contribution is 0.0995. The fourth-order valence-corrected chi connectivity index (χ4v) is 4.82. The molecule has 1 aliphatic heterocycles. The van der Waals surface area contributed by atoms with Gasteiger partial charge in [-0.3, -0.25) is 14.3 Å². The molecule has 0 radical (unpaired) electrons. The molecule has 4 aromatic rings. The number of carbonyl (C=O) groups is 1. The number of nitrogens with zero attached hydrogens (tertiary/aromatic N) is 3. The smallest absolute Gasteiger partial charge is 0.439 e. The van der Waals surface area contributed by atoms with E-state index >= 15 is 0 Å². The molecule has 0 unspecified atom stereocenters. The number of hydrogen-bond donors (Lipinski definition) is 2. The van der Waals surface area contributed by atoms with Crippen LogP contribution in [-0.2, 0) is 6.42 Å². The number of aromatic nitrogens is 4. The van der Waals surface area contributed by atoms with E-state index in [-0.39, 0.29) is 17.2 Å². The van der Waals surface area contributed by atoms with E-state index in [1.807, 2.05) is 12.2 Å². The maximum absolute atomic E-state index is 14.1. The Bertz CT molecular complexity index is 1840. The molecule has 4 heterocycles. The lowest BCUT2D eigenvalue weighted by Crippen LogP contribution is -2.15. The zero-order chi connectivity index (χ0) is 26.6. The Hall–Kier alpha value is -5.06. The number of amides is 1. The zero-order valence-electron chi connectivity index (χ0n) is 19.9. The monoisotopic (exact) mass is 515 g/mol. The Kier molecular flexibility index (Phi) is 5.41. The van der Waals surface area contributed by atoms with Crippen molar-refractivity contribution in [1.82, 2.24) is 19.5 Å². The summed E-state index contributed by atoms with van der Waals surface area (Å²) in [5, 5.41) is 3.82. The summed E-state index contributed by atoms with van der Waals surface area (Å²) in [6.45, 7) is 1.77. The number of allylic oxidation sites excluding steroid dienone is 7. The number of H-pyrrole nitrogens is 1. The van der Waals surface area contributed by atoms with Crippen molar-refractivity contribution in [2.75, 3.05) is 0 Å². The Morgan fingerprint density at radius 1 is 1.18 bits per heavy atom. The number of ether oxygens (including phenoxy) is 1.